The minimum absolute atomic E-state index is 0.230. The number of aromatic nitrogens is 3. The van der Waals surface area contributed by atoms with E-state index in [4.69, 9.17) is 0 Å². The molecule has 0 fully saturated rings. The maximum Gasteiger partial charge on any atom is 0.104 e. The summed E-state index contributed by atoms with van der Waals surface area (Å²) in [5.41, 5.74) is 10.9. The van der Waals surface area contributed by atoms with E-state index in [1.54, 1.807) is 0 Å². The minimum Gasteiger partial charge on any atom is -0.310 e. The molecular weight excluding hydrogens is 913 g/mol. The van der Waals surface area contributed by atoms with Crippen molar-refractivity contribution in [1.82, 2.24) is 13.7 Å². The van der Waals surface area contributed by atoms with Gasteiger partial charge in [-0.2, -0.15) is 15.8 Å². The van der Waals surface area contributed by atoms with Crippen LogP contribution in [-0.4, -0.2) is 13.7 Å². The molecule has 344 valence electrons. The highest BCUT2D eigenvalue weighted by Gasteiger charge is 2.35. The second-order valence-electron chi connectivity index (χ2n) is 19.9. The molecule has 3 aromatic heterocycles. The van der Waals surface area contributed by atoms with Crippen LogP contribution in [0.2, 0.25) is 0 Å². The van der Waals surface area contributed by atoms with E-state index in [2.05, 4.69) is 238 Å². The fourth-order valence-corrected chi connectivity index (χ4v) is 13.4. The van der Waals surface area contributed by atoms with E-state index >= 15 is 0 Å². The van der Waals surface area contributed by atoms with E-state index < -0.39 is 0 Å². The van der Waals surface area contributed by atoms with E-state index in [0.29, 0.717) is 23.5 Å². The first-order chi connectivity index (χ1) is 37.1. The number of hydrogen-bond donors (Lipinski definition) is 0. The van der Waals surface area contributed by atoms with Crippen LogP contribution >= 0.6 is 0 Å². The monoisotopic (exact) mass is 950 g/mol. The summed E-state index contributed by atoms with van der Waals surface area (Å²) in [5.74, 6) is 0. The smallest absolute Gasteiger partial charge is 0.104 e. The van der Waals surface area contributed by atoms with Crippen molar-refractivity contribution in [3.8, 4) is 46.4 Å². The van der Waals surface area contributed by atoms with Crippen LogP contribution in [0.4, 0.5) is 0 Å². The second-order valence-corrected chi connectivity index (χ2v) is 19.9. The molecular formula is C69H38N6. The number of aryl methyl sites for hydroxylation is 1. The molecule has 0 saturated carbocycles. The second kappa shape index (κ2) is 15.3. The van der Waals surface area contributed by atoms with Gasteiger partial charge in [0.15, 0.2) is 0 Å². The van der Waals surface area contributed by atoms with Gasteiger partial charge in [0.2, 0.25) is 0 Å². The van der Waals surface area contributed by atoms with Gasteiger partial charge < -0.3 is 13.7 Å². The largest absolute Gasteiger partial charge is 0.310 e. The third-order valence-electron chi connectivity index (χ3n) is 16.4. The van der Waals surface area contributed by atoms with Crippen LogP contribution in [0.1, 0.15) is 27.9 Å². The van der Waals surface area contributed by atoms with Gasteiger partial charge in [0, 0.05) is 38.2 Å². The molecule has 0 radical (unpaired) electrons. The van der Waals surface area contributed by atoms with Gasteiger partial charge in [0.25, 0.3) is 0 Å². The quantitative estimate of drug-likeness (QED) is 0.177. The Hall–Kier alpha value is -10.5. The fraction of sp³-hybridized carbons (Fsp3) is 0.0290. The molecule has 0 bridgehead atoms. The van der Waals surface area contributed by atoms with Crippen molar-refractivity contribution in [2.24, 2.45) is 0 Å². The first-order valence-corrected chi connectivity index (χ1v) is 25.4. The zero-order chi connectivity index (χ0) is 49.6. The predicted octanol–water partition coefficient (Wildman–Crippen LogP) is 17.0. The van der Waals surface area contributed by atoms with Crippen molar-refractivity contribution in [3.63, 3.8) is 0 Å². The van der Waals surface area contributed by atoms with E-state index in [1.807, 2.05) is 0 Å². The van der Waals surface area contributed by atoms with Gasteiger partial charge in [0.05, 0.1) is 44.6 Å². The highest BCUT2D eigenvalue weighted by molar-refractivity contribution is 6.30. The summed E-state index contributed by atoms with van der Waals surface area (Å²) in [5, 5.41) is 53.0. The average molecular weight is 951 g/mol. The van der Waals surface area contributed by atoms with Gasteiger partial charge in [-0.3, -0.25) is 0 Å². The zero-order valence-corrected chi connectivity index (χ0v) is 40.2. The van der Waals surface area contributed by atoms with Crippen LogP contribution in [0, 0.1) is 34.0 Å². The number of nitrogens with zero attached hydrogens (tertiary/aromatic N) is 6. The first-order valence-electron chi connectivity index (χ1n) is 25.4. The maximum atomic E-state index is 12.3. The van der Waals surface area contributed by atoms with E-state index in [1.165, 1.54) is 5.56 Å². The first kappa shape index (κ1) is 41.2. The summed E-state index contributed by atoms with van der Waals surface area (Å²) in [6.45, 7) is 0. The average Bonchev–Trinajstić information content (AvgIpc) is 4.30. The third kappa shape index (κ3) is 5.38. The Labute approximate surface area is 429 Å². The molecule has 0 unspecified atom stereocenters. The Bertz CT molecular complexity index is 4810. The fourth-order valence-electron chi connectivity index (χ4n) is 13.4. The van der Waals surface area contributed by atoms with Gasteiger partial charge >= 0.3 is 0 Å². The summed E-state index contributed by atoms with van der Waals surface area (Å²) in [6, 6.07) is 80.7. The Morgan fingerprint density at radius 1 is 0.293 bits per heavy atom. The molecule has 6 heteroatoms. The molecule has 0 atom stereocenters. The number of rotatable bonds is 3. The van der Waals surface area contributed by atoms with Crippen molar-refractivity contribution in [3.05, 3.63) is 234 Å². The van der Waals surface area contributed by atoms with Gasteiger partial charge in [-0.25, -0.2) is 0 Å². The zero-order valence-electron chi connectivity index (χ0n) is 40.2. The maximum absolute atomic E-state index is 12.3. The van der Waals surface area contributed by atoms with Crippen LogP contribution in [0.5, 0.6) is 0 Å². The standard InChI is InChI=1S/C69H38N6/c70-37-52-67(73-55-31-25-40-13-1-7-19-46(40)61(55)62-47-20-8-2-14-41(47)26-32-56(62)73)53(38-71)69(75-59-35-29-44-17-5-11-23-50(44)65(59)66-51-24-12-6-18-45(51)30-36-60(66)75)54(39-72)68(52)74-57-33-27-42-15-3-9-21-48(42)63(57)64-49-22-10-4-16-43(49)28-34-58(64)74/h1-29,31-35H,30,36H2. The van der Waals surface area contributed by atoms with Crippen molar-refractivity contribution < 1.29 is 0 Å². The van der Waals surface area contributed by atoms with Gasteiger partial charge in [0.1, 0.15) is 34.9 Å². The van der Waals surface area contributed by atoms with Crippen LogP contribution in [0.15, 0.2) is 206 Å². The summed E-state index contributed by atoms with van der Waals surface area (Å²) >= 11 is 0. The summed E-state index contributed by atoms with van der Waals surface area (Å²) in [4.78, 5) is 0. The molecule has 16 rings (SSSR count). The van der Waals surface area contributed by atoms with Crippen LogP contribution < -0.4 is 0 Å². The molecule has 3 heterocycles. The molecule has 0 N–H and O–H groups in total. The predicted molar refractivity (Wildman–Crippen MR) is 306 cm³/mol. The Balaban J connectivity index is 1.19. The Morgan fingerprint density at radius 3 is 0.973 bits per heavy atom. The molecule has 75 heavy (non-hydrogen) atoms. The molecule has 1 aliphatic rings. The van der Waals surface area contributed by atoms with E-state index in [-0.39, 0.29) is 16.7 Å². The van der Waals surface area contributed by atoms with Crippen molar-refractivity contribution in [2.75, 3.05) is 0 Å². The van der Waals surface area contributed by atoms with Crippen molar-refractivity contribution >= 4 is 108 Å². The van der Waals surface area contributed by atoms with Crippen LogP contribution in [0.3, 0.4) is 0 Å². The molecule has 1 aliphatic carbocycles. The number of fused-ring (bicyclic) bond motifs is 21. The lowest BCUT2D eigenvalue weighted by Gasteiger charge is -2.25. The highest BCUT2D eigenvalue weighted by atomic mass is 15.1. The van der Waals surface area contributed by atoms with Crippen molar-refractivity contribution in [2.45, 2.75) is 12.8 Å². The third-order valence-corrected chi connectivity index (χ3v) is 16.4. The summed E-state index contributed by atoms with van der Waals surface area (Å²) in [7, 11) is 0. The van der Waals surface area contributed by atoms with E-state index in [9.17, 15) is 15.8 Å². The normalized spacial score (nSPS) is 12.4. The SMILES string of the molecule is N#Cc1c(-n2c3c(c4c5ccccc5ccc42)-c2ccccc2CC3)c(C#N)c(-n2c3ccc4ccccc4c3c3c4ccccc4ccc32)c(C#N)c1-n1c2ccc3ccccc3c2c2c3ccccc3ccc21. The molecule has 0 aliphatic heterocycles. The Morgan fingerprint density at radius 2 is 0.600 bits per heavy atom. The highest BCUT2D eigenvalue weighted by Crippen LogP contribution is 2.51. The number of nitriles is 3. The van der Waals surface area contributed by atoms with Crippen molar-refractivity contribution in [1.29, 1.82) is 15.8 Å². The topological polar surface area (TPSA) is 86.2 Å². The Kier molecular flexibility index (Phi) is 8.39. The van der Waals surface area contributed by atoms with Crippen LogP contribution in [0.25, 0.3) is 137 Å². The molecule has 0 spiro atoms. The van der Waals surface area contributed by atoms with Gasteiger partial charge in [-0.05, 0) is 108 Å². The number of benzene rings is 12. The molecule has 12 aromatic carbocycles. The lowest BCUT2D eigenvalue weighted by atomic mass is 9.87. The lowest BCUT2D eigenvalue weighted by Crippen LogP contribution is -2.16. The molecule has 15 aromatic rings. The number of hydrogen-bond acceptors (Lipinski definition) is 3. The minimum atomic E-state index is 0.230. The molecule has 0 saturated heterocycles. The van der Waals surface area contributed by atoms with Crippen LogP contribution in [-0.2, 0) is 12.8 Å². The van der Waals surface area contributed by atoms with Gasteiger partial charge in [-0.1, -0.05) is 176 Å². The van der Waals surface area contributed by atoms with Gasteiger partial charge in [-0.15, -0.1) is 0 Å². The summed E-state index contributed by atoms with van der Waals surface area (Å²) < 4.78 is 6.56. The van der Waals surface area contributed by atoms with E-state index in [0.717, 1.165) is 132 Å². The molecule has 0 amide bonds. The summed E-state index contributed by atoms with van der Waals surface area (Å²) in [6.07, 6.45) is 1.44. The lowest BCUT2D eigenvalue weighted by molar-refractivity contribution is 0.861. The molecule has 6 nitrogen and oxygen atoms in total.